The molecule has 0 radical (unpaired) electrons. The average Bonchev–Trinajstić information content (AvgIpc) is 2.68. The molecule has 0 aromatic heterocycles. The summed E-state index contributed by atoms with van der Waals surface area (Å²) in [7, 11) is 4.30. The largest absolute Gasteiger partial charge is 0.313 e. The fourth-order valence-electron chi connectivity index (χ4n) is 2.21. The molecule has 15 heavy (non-hydrogen) atoms. The van der Waals surface area contributed by atoms with E-state index in [0.29, 0.717) is 0 Å². The minimum Gasteiger partial charge on any atom is -0.313 e. The van der Waals surface area contributed by atoms with E-state index in [1.165, 1.54) is 52.0 Å². The second-order valence-corrected chi connectivity index (χ2v) is 4.84. The summed E-state index contributed by atoms with van der Waals surface area (Å²) in [6, 6.07) is 0.754. The van der Waals surface area contributed by atoms with Gasteiger partial charge in [0, 0.05) is 12.6 Å². The van der Waals surface area contributed by atoms with Crippen LogP contribution in [-0.2, 0) is 0 Å². The second-order valence-electron chi connectivity index (χ2n) is 4.84. The maximum absolute atomic E-state index is 3.57. The lowest BCUT2D eigenvalue weighted by atomic mass is 10.2. The lowest BCUT2D eigenvalue weighted by Crippen LogP contribution is -2.38. The van der Waals surface area contributed by atoms with E-state index in [4.69, 9.17) is 0 Å². The molecule has 90 valence electrons. The minimum absolute atomic E-state index is 0.754. The predicted molar refractivity (Wildman–Crippen MR) is 66.3 cm³/mol. The van der Waals surface area contributed by atoms with Crippen molar-refractivity contribution < 1.29 is 0 Å². The Labute approximate surface area is 94.8 Å². The van der Waals surface area contributed by atoms with Gasteiger partial charge in [-0.25, -0.2) is 0 Å². The second kappa shape index (κ2) is 7.20. The smallest absolute Gasteiger partial charge is 0.0195 e. The van der Waals surface area contributed by atoms with Crippen LogP contribution in [0.25, 0.3) is 0 Å². The summed E-state index contributed by atoms with van der Waals surface area (Å²) in [4.78, 5) is 4.84. The lowest BCUT2D eigenvalue weighted by Gasteiger charge is -2.24. The van der Waals surface area contributed by atoms with Crippen LogP contribution >= 0.6 is 0 Å². The van der Waals surface area contributed by atoms with E-state index in [1.54, 1.807) is 0 Å². The van der Waals surface area contributed by atoms with E-state index in [0.717, 1.165) is 6.04 Å². The molecule has 1 saturated heterocycles. The zero-order valence-electron chi connectivity index (χ0n) is 10.6. The molecule has 0 aliphatic carbocycles. The van der Waals surface area contributed by atoms with Gasteiger partial charge in [0.1, 0.15) is 0 Å². The molecule has 3 nitrogen and oxygen atoms in total. The van der Waals surface area contributed by atoms with Crippen LogP contribution < -0.4 is 5.32 Å². The monoisotopic (exact) mass is 213 g/mol. The third-order valence-corrected chi connectivity index (χ3v) is 3.17. The highest BCUT2D eigenvalue weighted by molar-refractivity contribution is 4.77. The van der Waals surface area contributed by atoms with Gasteiger partial charge in [-0.1, -0.05) is 6.92 Å². The molecular formula is C12H27N3. The van der Waals surface area contributed by atoms with Gasteiger partial charge in [0.25, 0.3) is 0 Å². The predicted octanol–water partition coefficient (Wildman–Crippen LogP) is 1.01. The van der Waals surface area contributed by atoms with Gasteiger partial charge in [-0.05, 0) is 59.5 Å². The highest BCUT2D eigenvalue weighted by atomic mass is 15.2. The molecule has 1 rings (SSSR count). The van der Waals surface area contributed by atoms with Crippen molar-refractivity contribution in [2.75, 3.05) is 46.8 Å². The highest BCUT2D eigenvalue weighted by Gasteiger charge is 2.16. The highest BCUT2D eigenvalue weighted by Crippen LogP contribution is 2.07. The third-order valence-electron chi connectivity index (χ3n) is 3.17. The molecule has 1 atom stereocenters. The Morgan fingerprint density at radius 3 is 2.60 bits per heavy atom. The minimum atomic E-state index is 0.754. The van der Waals surface area contributed by atoms with Crippen molar-refractivity contribution >= 4 is 0 Å². The number of hydrogen-bond donors (Lipinski definition) is 1. The van der Waals surface area contributed by atoms with Gasteiger partial charge in [0.15, 0.2) is 0 Å². The Morgan fingerprint density at radius 1 is 1.27 bits per heavy atom. The van der Waals surface area contributed by atoms with E-state index in [9.17, 15) is 0 Å². The van der Waals surface area contributed by atoms with Gasteiger partial charge in [-0.2, -0.15) is 0 Å². The van der Waals surface area contributed by atoms with Crippen LogP contribution in [0.1, 0.15) is 26.2 Å². The Hall–Kier alpha value is -0.120. The first-order valence-electron chi connectivity index (χ1n) is 6.33. The van der Waals surface area contributed by atoms with Gasteiger partial charge < -0.3 is 15.1 Å². The molecule has 1 fully saturated rings. The zero-order valence-corrected chi connectivity index (χ0v) is 10.6. The molecule has 0 aromatic rings. The molecule has 0 amide bonds. The van der Waals surface area contributed by atoms with Crippen molar-refractivity contribution in [1.82, 2.24) is 15.1 Å². The summed E-state index contributed by atoms with van der Waals surface area (Å²) < 4.78 is 0. The number of nitrogens with zero attached hydrogens (tertiary/aromatic N) is 2. The number of rotatable bonds is 7. The van der Waals surface area contributed by atoms with Gasteiger partial charge in [-0.3, -0.25) is 0 Å². The fraction of sp³-hybridized carbons (Fsp3) is 1.00. The standard InChI is InChI=1S/C12H27N3/c1-4-15(10-6-9-14(2)3)11-12-7-5-8-13-12/h12-13H,4-11H2,1-3H3. The molecule has 0 aromatic carbocycles. The van der Waals surface area contributed by atoms with Crippen LogP contribution in [0.3, 0.4) is 0 Å². The van der Waals surface area contributed by atoms with Gasteiger partial charge in [-0.15, -0.1) is 0 Å². The molecule has 0 saturated carbocycles. The van der Waals surface area contributed by atoms with Crippen molar-refractivity contribution in [3.63, 3.8) is 0 Å². The molecule has 1 N–H and O–H groups in total. The topological polar surface area (TPSA) is 18.5 Å². The number of likely N-dealkylation sites (N-methyl/N-ethyl adjacent to an activating group) is 1. The lowest BCUT2D eigenvalue weighted by molar-refractivity contribution is 0.245. The first-order chi connectivity index (χ1) is 7.22. The van der Waals surface area contributed by atoms with Crippen LogP contribution in [0.4, 0.5) is 0 Å². The van der Waals surface area contributed by atoms with Crippen LogP contribution in [0.2, 0.25) is 0 Å². The van der Waals surface area contributed by atoms with Gasteiger partial charge in [0.2, 0.25) is 0 Å². The van der Waals surface area contributed by atoms with Crippen molar-refractivity contribution in [1.29, 1.82) is 0 Å². The first-order valence-corrected chi connectivity index (χ1v) is 6.33. The van der Waals surface area contributed by atoms with E-state index in [2.05, 4.69) is 36.1 Å². The quantitative estimate of drug-likeness (QED) is 0.681. The molecule has 3 heteroatoms. The van der Waals surface area contributed by atoms with Crippen molar-refractivity contribution in [2.24, 2.45) is 0 Å². The summed E-state index contributed by atoms with van der Waals surface area (Å²) in [6.07, 6.45) is 4.01. The van der Waals surface area contributed by atoms with Gasteiger partial charge >= 0.3 is 0 Å². The molecule has 1 aliphatic heterocycles. The summed E-state index contributed by atoms with van der Waals surface area (Å²) in [5.41, 5.74) is 0. The summed E-state index contributed by atoms with van der Waals surface area (Å²) in [5, 5.41) is 3.57. The van der Waals surface area contributed by atoms with Crippen LogP contribution in [0.15, 0.2) is 0 Å². The fourth-order valence-corrected chi connectivity index (χ4v) is 2.21. The number of nitrogens with one attached hydrogen (secondary N) is 1. The Morgan fingerprint density at radius 2 is 2.07 bits per heavy atom. The van der Waals surface area contributed by atoms with E-state index >= 15 is 0 Å². The van der Waals surface area contributed by atoms with Crippen molar-refractivity contribution in [3.05, 3.63) is 0 Å². The van der Waals surface area contributed by atoms with E-state index in [1.807, 2.05) is 0 Å². The third kappa shape index (κ3) is 5.50. The molecule has 0 bridgehead atoms. The normalized spacial score (nSPS) is 21.8. The number of hydrogen-bond acceptors (Lipinski definition) is 3. The van der Waals surface area contributed by atoms with Crippen LogP contribution in [-0.4, -0.2) is 62.7 Å². The molecule has 1 aliphatic rings. The Balaban J connectivity index is 2.11. The first kappa shape index (κ1) is 12.9. The molecule has 0 spiro atoms. The van der Waals surface area contributed by atoms with E-state index in [-0.39, 0.29) is 0 Å². The Bertz CT molecular complexity index is 153. The van der Waals surface area contributed by atoms with Gasteiger partial charge in [0.05, 0.1) is 0 Å². The summed E-state index contributed by atoms with van der Waals surface area (Å²) in [5.74, 6) is 0. The van der Waals surface area contributed by atoms with E-state index < -0.39 is 0 Å². The van der Waals surface area contributed by atoms with Crippen LogP contribution in [0, 0.1) is 0 Å². The molecule has 1 heterocycles. The Kier molecular flexibility index (Phi) is 6.22. The maximum atomic E-state index is 3.57. The zero-order chi connectivity index (χ0) is 11.1. The van der Waals surface area contributed by atoms with Crippen molar-refractivity contribution in [2.45, 2.75) is 32.2 Å². The van der Waals surface area contributed by atoms with Crippen LogP contribution in [0.5, 0.6) is 0 Å². The molecule has 1 unspecified atom stereocenters. The summed E-state index contributed by atoms with van der Waals surface area (Å²) in [6.45, 7) is 8.36. The SMILES string of the molecule is CCN(CCCN(C)C)CC1CCCN1. The average molecular weight is 213 g/mol. The van der Waals surface area contributed by atoms with Crippen molar-refractivity contribution in [3.8, 4) is 0 Å². The molecular weight excluding hydrogens is 186 g/mol. The maximum Gasteiger partial charge on any atom is 0.0195 e. The summed E-state index contributed by atoms with van der Waals surface area (Å²) >= 11 is 0.